The second-order valence-electron chi connectivity index (χ2n) is 5.28. The Bertz CT molecular complexity index is 819. The van der Waals surface area contributed by atoms with Crippen molar-refractivity contribution in [3.05, 3.63) is 57.1 Å². The summed E-state index contributed by atoms with van der Waals surface area (Å²) in [6.45, 7) is 0.358. The third kappa shape index (κ3) is 3.53. The Morgan fingerprint density at radius 2 is 2.12 bits per heavy atom. The van der Waals surface area contributed by atoms with Crippen molar-refractivity contribution in [2.24, 2.45) is 0 Å². The zero-order valence-electron chi connectivity index (χ0n) is 13.4. The molecule has 2 aromatic rings. The molecule has 0 saturated carbocycles. The fourth-order valence-corrected chi connectivity index (χ4v) is 2.53. The minimum atomic E-state index is -0.474. The molecular weight excluding hydrogens is 330 g/mol. The van der Waals surface area contributed by atoms with Crippen LogP contribution in [0.5, 0.6) is 17.2 Å². The summed E-state index contributed by atoms with van der Waals surface area (Å²) in [4.78, 5) is 21.5. The van der Waals surface area contributed by atoms with Crippen LogP contribution in [0.25, 0.3) is 0 Å². The van der Waals surface area contributed by atoms with Crippen LogP contribution in [0.2, 0.25) is 0 Å². The largest absolute Gasteiger partial charge is 0.493 e. The molecule has 0 aromatic heterocycles. The highest BCUT2D eigenvalue weighted by atomic mass is 16.7. The third-order valence-corrected chi connectivity index (χ3v) is 3.69. The van der Waals surface area contributed by atoms with Gasteiger partial charge in [-0.2, -0.15) is 0 Å². The van der Waals surface area contributed by atoms with Crippen molar-refractivity contribution in [1.29, 1.82) is 0 Å². The van der Waals surface area contributed by atoms with Gasteiger partial charge in [0.2, 0.25) is 0 Å². The smallest absolute Gasteiger partial charge is 0.270 e. The fraction of sp³-hybridized carbons (Fsp3) is 0.235. The zero-order valence-corrected chi connectivity index (χ0v) is 13.4. The number of aldehydes is 1. The van der Waals surface area contributed by atoms with Crippen LogP contribution in [0.3, 0.4) is 0 Å². The molecule has 0 unspecified atom stereocenters. The average molecular weight is 345 g/mol. The summed E-state index contributed by atoms with van der Waals surface area (Å²) in [5, 5.41) is 11.1. The normalized spacial score (nSPS) is 12.7. The molecule has 8 heteroatoms. The predicted octanol–water partition coefficient (Wildman–Crippen LogP) is 2.86. The second kappa shape index (κ2) is 7.18. The van der Waals surface area contributed by atoms with E-state index in [0.29, 0.717) is 40.2 Å². The lowest BCUT2D eigenvalue weighted by molar-refractivity contribution is -0.385. The molecule has 0 fully saturated rings. The van der Waals surface area contributed by atoms with Gasteiger partial charge in [-0.25, -0.2) is 0 Å². The molecule has 0 N–H and O–H groups in total. The van der Waals surface area contributed by atoms with E-state index in [-0.39, 0.29) is 25.7 Å². The fourth-order valence-electron chi connectivity index (χ4n) is 2.53. The maximum Gasteiger partial charge on any atom is 0.270 e. The van der Waals surface area contributed by atoms with Crippen LogP contribution in [0.15, 0.2) is 30.3 Å². The molecule has 2 aromatic carbocycles. The molecule has 0 spiro atoms. The molecule has 0 aliphatic carbocycles. The highest BCUT2D eigenvalue weighted by Gasteiger charge is 2.21. The molecule has 1 heterocycles. The van der Waals surface area contributed by atoms with E-state index in [1.54, 1.807) is 18.2 Å². The van der Waals surface area contributed by atoms with Crippen LogP contribution in [-0.4, -0.2) is 25.1 Å². The first-order valence-corrected chi connectivity index (χ1v) is 7.39. The van der Waals surface area contributed by atoms with Crippen LogP contribution in [0.4, 0.5) is 5.69 Å². The van der Waals surface area contributed by atoms with Crippen LogP contribution < -0.4 is 14.2 Å². The number of hydrogen-bond acceptors (Lipinski definition) is 7. The molecule has 0 radical (unpaired) electrons. The van der Waals surface area contributed by atoms with Crippen molar-refractivity contribution >= 4 is 12.0 Å². The van der Waals surface area contributed by atoms with Crippen molar-refractivity contribution < 1.29 is 28.7 Å². The zero-order chi connectivity index (χ0) is 17.8. The third-order valence-electron chi connectivity index (χ3n) is 3.69. The first-order valence-electron chi connectivity index (χ1n) is 7.39. The van der Waals surface area contributed by atoms with Crippen LogP contribution in [0.1, 0.15) is 21.5 Å². The number of methoxy groups -OCH3 is 1. The molecule has 8 nitrogen and oxygen atoms in total. The summed E-state index contributed by atoms with van der Waals surface area (Å²) in [5.74, 6) is 1.34. The van der Waals surface area contributed by atoms with E-state index >= 15 is 0 Å². The van der Waals surface area contributed by atoms with Crippen LogP contribution in [-0.2, 0) is 18.0 Å². The molecule has 0 amide bonds. The number of hydrogen-bond donors (Lipinski definition) is 0. The van der Waals surface area contributed by atoms with Crippen molar-refractivity contribution in [3.63, 3.8) is 0 Å². The van der Waals surface area contributed by atoms with E-state index in [0.717, 1.165) is 0 Å². The van der Waals surface area contributed by atoms with Gasteiger partial charge in [0, 0.05) is 28.8 Å². The SMILES string of the molecule is COc1cc(C=O)ccc1OCc1cc([N+](=O)[O-])cc2c1OCOC2. The van der Waals surface area contributed by atoms with E-state index in [2.05, 4.69) is 0 Å². The molecule has 25 heavy (non-hydrogen) atoms. The van der Waals surface area contributed by atoms with Gasteiger partial charge >= 0.3 is 0 Å². The predicted molar refractivity (Wildman–Crippen MR) is 86.1 cm³/mol. The molecule has 1 aliphatic rings. The lowest BCUT2D eigenvalue weighted by atomic mass is 10.1. The summed E-state index contributed by atoms with van der Waals surface area (Å²) >= 11 is 0. The Morgan fingerprint density at radius 1 is 1.28 bits per heavy atom. The number of carbonyl (C=O) groups excluding carboxylic acids is 1. The molecule has 0 atom stereocenters. The first-order chi connectivity index (χ1) is 12.1. The molecular formula is C17H15NO7. The Kier molecular flexibility index (Phi) is 4.80. The summed E-state index contributed by atoms with van der Waals surface area (Å²) in [5.41, 5.74) is 1.53. The monoisotopic (exact) mass is 345 g/mol. The Balaban J connectivity index is 1.89. The Labute approximate surface area is 143 Å². The number of fused-ring (bicyclic) bond motifs is 1. The Hall–Kier alpha value is -3.13. The van der Waals surface area contributed by atoms with E-state index in [1.165, 1.54) is 19.2 Å². The van der Waals surface area contributed by atoms with Crippen molar-refractivity contribution in [2.75, 3.05) is 13.9 Å². The lowest BCUT2D eigenvalue weighted by Crippen LogP contribution is -2.14. The van der Waals surface area contributed by atoms with Gasteiger partial charge in [-0.05, 0) is 18.2 Å². The number of nitro benzene ring substituents is 1. The number of benzene rings is 2. The standard InChI is InChI=1S/C17H15NO7/c1-22-16-4-11(7-19)2-3-15(16)24-9-13-6-14(18(20)21)5-12-8-23-10-25-17(12)13/h2-7H,8-10H2,1H3. The van der Waals surface area contributed by atoms with Crippen LogP contribution >= 0.6 is 0 Å². The van der Waals surface area contributed by atoms with E-state index in [1.807, 2.05) is 0 Å². The molecule has 0 bridgehead atoms. The maximum atomic E-state index is 11.1. The van der Waals surface area contributed by atoms with Gasteiger partial charge in [-0.15, -0.1) is 0 Å². The topological polar surface area (TPSA) is 97.1 Å². The number of ether oxygens (including phenoxy) is 4. The molecule has 3 rings (SSSR count). The second-order valence-corrected chi connectivity index (χ2v) is 5.28. The quantitative estimate of drug-likeness (QED) is 0.451. The van der Waals surface area contributed by atoms with Crippen molar-refractivity contribution in [3.8, 4) is 17.2 Å². The first kappa shape index (κ1) is 16.7. The molecule has 130 valence electrons. The van der Waals surface area contributed by atoms with Gasteiger partial charge in [0.15, 0.2) is 18.3 Å². The Morgan fingerprint density at radius 3 is 2.84 bits per heavy atom. The van der Waals surface area contributed by atoms with Gasteiger partial charge in [0.25, 0.3) is 5.69 Å². The average Bonchev–Trinajstić information content (AvgIpc) is 2.65. The minimum Gasteiger partial charge on any atom is -0.493 e. The van der Waals surface area contributed by atoms with Gasteiger partial charge in [0.05, 0.1) is 18.6 Å². The summed E-state index contributed by atoms with van der Waals surface area (Å²) in [7, 11) is 1.46. The van der Waals surface area contributed by atoms with E-state index < -0.39 is 4.92 Å². The van der Waals surface area contributed by atoms with Crippen molar-refractivity contribution in [1.82, 2.24) is 0 Å². The summed E-state index contributed by atoms with van der Waals surface area (Å²) in [6.07, 6.45) is 0.705. The number of rotatable bonds is 6. The van der Waals surface area contributed by atoms with Gasteiger partial charge in [-0.1, -0.05) is 0 Å². The highest BCUT2D eigenvalue weighted by Crippen LogP contribution is 2.34. The number of carbonyl (C=O) groups is 1. The van der Waals surface area contributed by atoms with Gasteiger partial charge in [-0.3, -0.25) is 14.9 Å². The highest BCUT2D eigenvalue weighted by molar-refractivity contribution is 5.76. The van der Waals surface area contributed by atoms with Gasteiger partial charge < -0.3 is 18.9 Å². The number of non-ortho nitro benzene ring substituents is 1. The number of nitro groups is 1. The molecule has 1 aliphatic heterocycles. The number of nitrogens with zero attached hydrogens (tertiary/aromatic N) is 1. The maximum absolute atomic E-state index is 11.1. The molecule has 0 saturated heterocycles. The van der Waals surface area contributed by atoms with E-state index in [9.17, 15) is 14.9 Å². The van der Waals surface area contributed by atoms with Gasteiger partial charge in [0.1, 0.15) is 18.6 Å². The van der Waals surface area contributed by atoms with E-state index in [4.69, 9.17) is 18.9 Å². The minimum absolute atomic E-state index is 0.0425. The lowest BCUT2D eigenvalue weighted by Gasteiger charge is -2.21. The van der Waals surface area contributed by atoms with Crippen LogP contribution in [0, 0.1) is 10.1 Å². The summed E-state index contributed by atoms with van der Waals surface area (Å²) in [6, 6.07) is 7.60. The van der Waals surface area contributed by atoms with Crippen molar-refractivity contribution in [2.45, 2.75) is 13.2 Å². The summed E-state index contributed by atoms with van der Waals surface area (Å²) < 4.78 is 21.6.